The normalized spacial score (nSPS) is 16.5. The van der Waals surface area contributed by atoms with Crippen LogP contribution in [0.2, 0.25) is 0 Å². The Hall–Kier alpha value is -2.73. The van der Waals surface area contributed by atoms with Crippen molar-refractivity contribution in [2.75, 3.05) is 33.2 Å². The highest BCUT2D eigenvalue weighted by Gasteiger charge is 2.25. The zero-order valence-corrected chi connectivity index (χ0v) is 16.4. The molecule has 1 aliphatic heterocycles. The predicted molar refractivity (Wildman–Crippen MR) is 112 cm³/mol. The first-order valence-electron chi connectivity index (χ1n) is 10.0. The first kappa shape index (κ1) is 18.6. The molecule has 1 unspecified atom stereocenters. The molecule has 0 radical (unpaired) electrons. The number of nitrogens with zero attached hydrogens (tertiary/aromatic N) is 2. The predicted octanol–water partition coefficient (Wildman–Crippen LogP) is 3.57. The minimum absolute atomic E-state index is 0.228. The quantitative estimate of drug-likeness (QED) is 0.485. The lowest BCUT2D eigenvalue weighted by Crippen LogP contribution is -2.43. The van der Waals surface area contributed by atoms with Gasteiger partial charge in [0.25, 0.3) is 0 Å². The molecule has 4 rings (SSSR count). The summed E-state index contributed by atoms with van der Waals surface area (Å²) in [5.74, 6) is 2.79. The van der Waals surface area contributed by atoms with Crippen LogP contribution in [0.25, 0.3) is 11.0 Å². The molecule has 3 heterocycles. The molecule has 6 heteroatoms. The third-order valence-electron chi connectivity index (χ3n) is 5.28. The molecule has 28 heavy (non-hydrogen) atoms. The molecule has 0 bridgehead atoms. The summed E-state index contributed by atoms with van der Waals surface area (Å²) in [4.78, 5) is 6.84. The highest BCUT2D eigenvalue weighted by Crippen LogP contribution is 2.24. The van der Waals surface area contributed by atoms with Crippen molar-refractivity contribution in [1.29, 1.82) is 0 Å². The largest absolute Gasteiger partial charge is 0.468 e. The Balaban J connectivity index is 1.30. The maximum atomic E-state index is 5.88. The van der Waals surface area contributed by atoms with E-state index in [9.17, 15) is 0 Å². The molecule has 0 spiro atoms. The maximum absolute atomic E-state index is 5.88. The Labute approximate surface area is 165 Å². The van der Waals surface area contributed by atoms with E-state index in [1.54, 1.807) is 13.3 Å². The summed E-state index contributed by atoms with van der Waals surface area (Å²) in [5, 5.41) is 7.98. The summed E-state index contributed by atoms with van der Waals surface area (Å²) < 4.78 is 11.6. The second-order valence-corrected chi connectivity index (χ2v) is 7.15. The van der Waals surface area contributed by atoms with Crippen LogP contribution < -0.4 is 10.6 Å². The lowest BCUT2D eigenvalue weighted by molar-refractivity contribution is 0.215. The third-order valence-corrected chi connectivity index (χ3v) is 5.28. The second kappa shape index (κ2) is 8.97. The molecule has 148 valence electrons. The maximum Gasteiger partial charge on any atom is 0.191 e. The van der Waals surface area contributed by atoms with Gasteiger partial charge < -0.3 is 19.5 Å². The summed E-state index contributed by atoms with van der Waals surface area (Å²) in [6.07, 6.45) is 5.06. The number of likely N-dealkylation sites (tertiary alicyclic amines) is 1. The van der Waals surface area contributed by atoms with Crippen molar-refractivity contribution in [2.45, 2.75) is 25.3 Å². The lowest BCUT2D eigenvalue weighted by atomic mass is 10.2. The number of hydrogen-bond acceptors (Lipinski definition) is 4. The monoisotopic (exact) mass is 380 g/mol. The number of rotatable bonds is 7. The van der Waals surface area contributed by atoms with Gasteiger partial charge in [0.1, 0.15) is 17.1 Å². The molecule has 3 aromatic rings. The van der Waals surface area contributed by atoms with Crippen LogP contribution >= 0.6 is 0 Å². The minimum Gasteiger partial charge on any atom is -0.468 e. The zero-order chi connectivity index (χ0) is 19.2. The van der Waals surface area contributed by atoms with Crippen LogP contribution in [-0.4, -0.2) is 44.1 Å². The van der Waals surface area contributed by atoms with Gasteiger partial charge in [-0.2, -0.15) is 0 Å². The van der Waals surface area contributed by atoms with Crippen molar-refractivity contribution < 1.29 is 8.83 Å². The van der Waals surface area contributed by atoms with Gasteiger partial charge in [0.2, 0.25) is 0 Å². The summed E-state index contributed by atoms with van der Waals surface area (Å²) in [7, 11) is 1.80. The highest BCUT2D eigenvalue weighted by atomic mass is 16.3. The standard InChI is InChI=1S/C22H28N4O2/c1-23-22(24-11-10-18-15-17-7-2-3-8-20(17)28-18)25-16-19(21-9-6-14-27-21)26-12-4-5-13-26/h2-3,6-9,14-15,19H,4-5,10-13,16H2,1H3,(H2,23,24,25). The number of furan rings is 2. The van der Waals surface area contributed by atoms with E-state index in [1.807, 2.05) is 24.3 Å². The average molecular weight is 380 g/mol. The van der Waals surface area contributed by atoms with Gasteiger partial charge in [-0.05, 0) is 50.2 Å². The van der Waals surface area contributed by atoms with Crippen molar-refractivity contribution in [2.24, 2.45) is 4.99 Å². The fourth-order valence-corrected chi connectivity index (χ4v) is 3.82. The lowest BCUT2D eigenvalue weighted by Gasteiger charge is -2.26. The zero-order valence-electron chi connectivity index (χ0n) is 16.4. The number of fused-ring (bicyclic) bond motifs is 1. The first-order valence-corrected chi connectivity index (χ1v) is 10.0. The Morgan fingerprint density at radius 2 is 2.00 bits per heavy atom. The van der Waals surface area contributed by atoms with E-state index in [0.29, 0.717) is 0 Å². The molecule has 0 saturated carbocycles. The molecule has 1 saturated heterocycles. The van der Waals surface area contributed by atoms with Crippen LogP contribution in [0.5, 0.6) is 0 Å². The third kappa shape index (κ3) is 4.39. The molecule has 2 N–H and O–H groups in total. The smallest absolute Gasteiger partial charge is 0.191 e. The molecular weight excluding hydrogens is 352 g/mol. The van der Waals surface area contributed by atoms with E-state index < -0.39 is 0 Å². The van der Waals surface area contributed by atoms with Gasteiger partial charge in [0.15, 0.2) is 5.96 Å². The number of aliphatic imine (C=N–C) groups is 1. The molecule has 1 atom stereocenters. The molecule has 0 aliphatic carbocycles. The van der Waals surface area contributed by atoms with E-state index in [0.717, 1.165) is 61.0 Å². The van der Waals surface area contributed by atoms with Crippen LogP contribution in [0.3, 0.4) is 0 Å². The van der Waals surface area contributed by atoms with Crippen LogP contribution in [0.1, 0.15) is 30.4 Å². The summed E-state index contributed by atoms with van der Waals surface area (Å²) >= 11 is 0. The van der Waals surface area contributed by atoms with Crippen LogP contribution in [-0.2, 0) is 6.42 Å². The number of guanidine groups is 1. The van der Waals surface area contributed by atoms with Gasteiger partial charge in [-0.1, -0.05) is 18.2 Å². The molecule has 1 fully saturated rings. The first-order chi connectivity index (χ1) is 13.8. The van der Waals surface area contributed by atoms with Gasteiger partial charge in [-0.3, -0.25) is 9.89 Å². The molecule has 2 aromatic heterocycles. The van der Waals surface area contributed by atoms with Gasteiger partial charge in [-0.15, -0.1) is 0 Å². The Bertz CT molecular complexity index is 861. The van der Waals surface area contributed by atoms with E-state index in [-0.39, 0.29) is 6.04 Å². The van der Waals surface area contributed by atoms with Crippen molar-refractivity contribution in [3.05, 3.63) is 60.2 Å². The SMILES string of the molecule is CN=C(NCCc1cc2ccccc2o1)NCC(c1ccco1)N1CCCC1. The van der Waals surface area contributed by atoms with E-state index >= 15 is 0 Å². The topological polar surface area (TPSA) is 65.9 Å². The van der Waals surface area contributed by atoms with Crippen molar-refractivity contribution >= 4 is 16.9 Å². The summed E-state index contributed by atoms with van der Waals surface area (Å²) in [6.45, 7) is 3.75. The van der Waals surface area contributed by atoms with Crippen molar-refractivity contribution in [3.8, 4) is 0 Å². The highest BCUT2D eigenvalue weighted by molar-refractivity contribution is 5.80. The Morgan fingerprint density at radius 1 is 1.14 bits per heavy atom. The number of para-hydroxylation sites is 1. The molecule has 6 nitrogen and oxygen atoms in total. The van der Waals surface area contributed by atoms with Gasteiger partial charge in [0, 0.05) is 31.9 Å². The second-order valence-electron chi connectivity index (χ2n) is 7.15. The van der Waals surface area contributed by atoms with Gasteiger partial charge >= 0.3 is 0 Å². The van der Waals surface area contributed by atoms with E-state index in [1.165, 1.54) is 12.8 Å². The summed E-state index contributed by atoms with van der Waals surface area (Å²) in [6, 6.07) is 14.4. The van der Waals surface area contributed by atoms with Gasteiger partial charge in [-0.25, -0.2) is 0 Å². The van der Waals surface area contributed by atoms with Crippen molar-refractivity contribution in [1.82, 2.24) is 15.5 Å². The average Bonchev–Trinajstić information content (AvgIpc) is 3.48. The van der Waals surface area contributed by atoms with E-state index in [4.69, 9.17) is 8.83 Å². The molecule has 0 amide bonds. The molecule has 1 aliphatic rings. The fraction of sp³-hybridized carbons (Fsp3) is 0.409. The molecular formula is C22H28N4O2. The van der Waals surface area contributed by atoms with Crippen LogP contribution in [0.4, 0.5) is 0 Å². The minimum atomic E-state index is 0.228. The van der Waals surface area contributed by atoms with Crippen LogP contribution in [0, 0.1) is 0 Å². The van der Waals surface area contributed by atoms with Gasteiger partial charge in [0.05, 0.1) is 12.3 Å². The summed E-state index contributed by atoms with van der Waals surface area (Å²) in [5.41, 5.74) is 0.937. The fourth-order valence-electron chi connectivity index (χ4n) is 3.82. The number of hydrogen-bond donors (Lipinski definition) is 2. The number of nitrogens with one attached hydrogen (secondary N) is 2. The Kier molecular flexibility index (Phi) is 5.97. The Morgan fingerprint density at radius 3 is 2.75 bits per heavy atom. The van der Waals surface area contributed by atoms with E-state index in [2.05, 4.69) is 38.7 Å². The molecule has 1 aromatic carbocycles. The van der Waals surface area contributed by atoms with Crippen molar-refractivity contribution in [3.63, 3.8) is 0 Å². The number of benzene rings is 1. The van der Waals surface area contributed by atoms with Crippen LogP contribution in [0.15, 0.2) is 62.6 Å².